The quantitative estimate of drug-likeness (QED) is 0.849. The predicted molar refractivity (Wildman–Crippen MR) is 74.1 cm³/mol. The molecule has 2 aromatic heterocycles. The number of amides is 1. The molecule has 0 fully saturated rings. The summed E-state index contributed by atoms with van der Waals surface area (Å²) in [5.74, 6) is 1.58. The molecule has 0 bridgehead atoms. The summed E-state index contributed by atoms with van der Waals surface area (Å²) >= 11 is 0. The molecule has 2 aromatic rings. The molecule has 0 radical (unpaired) electrons. The second kappa shape index (κ2) is 6.31. The fourth-order valence-electron chi connectivity index (χ4n) is 2.13. The summed E-state index contributed by atoms with van der Waals surface area (Å²) in [4.78, 5) is 16.4. The third kappa shape index (κ3) is 3.23. The zero-order valence-electron chi connectivity index (χ0n) is 12.1. The van der Waals surface area contributed by atoms with E-state index in [1.165, 1.54) is 0 Å². The van der Waals surface area contributed by atoms with E-state index in [9.17, 15) is 4.79 Å². The van der Waals surface area contributed by atoms with Crippen molar-refractivity contribution in [3.8, 4) is 0 Å². The van der Waals surface area contributed by atoms with Crippen molar-refractivity contribution in [2.45, 2.75) is 39.8 Å². The fourth-order valence-corrected chi connectivity index (χ4v) is 2.13. The Morgan fingerprint density at radius 3 is 2.80 bits per heavy atom. The monoisotopic (exact) mass is 276 g/mol. The lowest BCUT2D eigenvalue weighted by atomic mass is 10.2. The minimum absolute atomic E-state index is 0.0225. The van der Waals surface area contributed by atoms with Crippen LogP contribution in [0.1, 0.15) is 31.0 Å². The smallest absolute Gasteiger partial charge is 0.244 e. The van der Waals surface area contributed by atoms with Crippen molar-refractivity contribution in [3.63, 3.8) is 0 Å². The first-order chi connectivity index (χ1) is 9.61. The Kier molecular flexibility index (Phi) is 4.49. The van der Waals surface area contributed by atoms with Gasteiger partial charge in [0.25, 0.3) is 0 Å². The van der Waals surface area contributed by atoms with Gasteiger partial charge in [-0.25, -0.2) is 9.67 Å². The first-order valence-electron chi connectivity index (χ1n) is 6.76. The van der Waals surface area contributed by atoms with Crippen molar-refractivity contribution in [2.75, 3.05) is 6.54 Å². The van der Waals surface area contributed by atoms with Crippen LogP contribution in [-0.2, 0) is 11.3 Å². The largest absolute Gasteiger partial charge is 0.352 e. The van der Waals surface area contributed by atoms with Crippen LogP contribution in [0.25, 0.3) is 0 Å². The summed E-state index contributed by atoms with van der Waals surface area (Å²) < 4.78 is 3.48. The number of hydrogen-bond donors (Lipinski definition) is 1. The third-order valence-corrected chi connectivity index (χ3v) is 3.12. The van der Waals surface area contributed by atoms with Gasteiger partial charge in [-0.1, -0.05) is 6.92 Å². The van der Waals surface area contributed by atoms with Gasteiger partial charge in [0.2, 0.25) is 5.91 Å². The molecule has 0 aromatic carbocycles. The summed E-state index contributed by atoms with van der Waals surface area (Å²) in [6, 6.07) is 1.56. The Hall–Kier alpha value is -2.18. The Morgan fingerprint density at radius 1 is 1.45 bits per heavy atom. The fraction of sp³-hybridized carbons (Fsp3) is 0.538. The van der Waals surface area contributed by atoms with Gasteiger partial charge in [0.1, 0.15) is 17.7 Å². The average molecular weight is 276 g/mol. The standard InChI is InChI=1S/C13H20N6O/c1-4-12(19-8-5-6-15-19)13(20)14-7-9-18-11(3)16-10(2)17-18/h5-6,8,12H,4,7,9H2,1-3H3,(H,14,20)/t12-/m1/s1. The summed E-state index contributed by atoms with van der Waals surface area (Å²) in [6.45, 7) is 6.87. The van der Waals surface area contributed by atoms with Crippen LogP contribution in [-0.4, -0.2) is 37.0 Å². The lowest BCUT2D eigenvalue weighted by molar-refractivity contribution is -0.124. The SMILES string of the molecule is CC[C@H](C(=O)NCCn1nc(C)nc1C)n1cccn1. The molecule has 1 N–H and O–H groups in total. The van der Waals surface area contributed by atoms with Gasteiger partial charge in [-0.05, 0) is 26.3 Å². The molecular formula is C13H20N6O. The van der Waals surface area contributed by atoms with Crippen LogP contribution in [0.5, 0.6) is 0 Å². The van der Waals surface area contributed by atoms with E-state index < -0.39 is 0 Å². The van der Waals surface area contributed by atoms with E-state index in [0.717, 1.165) is 11.6 Å². The molecule has 2 heterocycles. The second-order valence-corrected chi connectivity index (χ2v) is 4.63. The molecule has 0 aliphatic rings. The second-order valence-electron chi connectivity index (χ2n) is 4.63. The maximum Gasteiger partial charge on any atom is 0.244 e. The van der Waals surface area contributed by atoms with E-state index in [2.05, 4.69) is 20.5 Å². The molecule has 7 heteroatoms. The highest BCUT2D eigenvalue weighted by atomic mass is 16.2. The maximum atomic E-state index is 12.1. The van der Waals surface area contributed by atoms with Crippen LogP contribution in [0.15, 0.2) is 18.5 Å². The number of nitrogens with one attached hydrogen (secondary N) is 1. The number of rotatable bonds is 6. The molecule has 0 aliphatic heterocycles. The predicted octanol–water partition coefficient (Wildman–Crippen LogP) is 0.859. The van der Waals surface area contributed by atoms with E-state index in [0.29, 0.717) is 19.5 Å². The molecule has 108 valence electrons. The van der Waals surface area contributed by atoms with Gasteiger partial charge in [0.15, 0.2) is 0 Å². The zero-order valence-corrected chi connectivity index (χ0v) is 12.1. The normalized spacial score (nSPS) is 12.3. The van der Waals surface area contributed by atoms with Crippen molar-refractivity contribution in [1.82, 2.24) is 29.9 Å². The van der Waals surface area contributed by atoms with Crippen LogP contribution in [0.3, 0.4) is 0 Å². The van der Waals surface area contributed by atoms with Gasteiger partial charge in [0.05, 0.1) is 6.54 Å². The van der Waals surface area contributed by atoms with E-state index in [1.54, 1.807) is 21.8 Å². The van der Waals surface area contributed by atoms with E-state index >= 15 is 0 Å². The van der Waals surface area contributed by atoms with Crippen LogP contribution >= 0.6 is 0 Å². The Morgan fingerprint density at radius 2 is 2.25 bits per heavy atom. The summed E-state index contributed by atoms with van der Waals surface area (Å²) in [5, 5.41) is 11.3. The third-order valence-electron chi connectivity index (χ3n) is 3.12. The number of carbonyl (C=O) groups excluding carboxylic acids is 1. The molecule has 1 amide bonds. The van der Waals surface area contributed by atoms with Crippen molar-refractivity contribution < 1.29 is 4.79 Å². The number of aryl methyl sites for hydroxylation is 2. The van der Waals surface area contributed by atoms with Crippen LogP contribution < -0.4 is 5.32 Å². The van der Waals surface area contributed by atoms with Gasteiger partial charge in [-0.15, -0.1) is 0 Å². The Bertz CT molecular complexity index is 559. The molecule has 0 aliphatic carbocycles. The number of aromatic nitrogens is 5. The molecule has 7 nitrogen and oxygen atoms in total. The van der Waals surface area contributed by atoms with Gasteiger partial charge in [-0.2, -0.15) is 10.2 Å². The first-order valence-corrected chi connectivity index (χ1v) is 6.76. The molecule has 0 saturated carbocycles. The molecule has 0 unspecified atom stereocenters. The molecule has 0 spiro atoms. The molecule has 0 saturated heterocycles. The molecule has 20 heavy (non-hydrogen) atoms. The van der Waals surface area contributed by atoms with Gasteiger partial charge >= 0.3 is 0 Å². The van der Waals surface area contributed by atoms with Crippen molar-refractivity contribution in [3.05, 3.63) is 30.1 Å². The highest BCUT2D eigenvalue weighted by molar-refractivity contribution is 5.80. The average Bonchev–Trinajstić information content (AvgIpc) is 3.01. The summed E-state index contributed by atoms with van der Waals surface area (Å²) in [7, 11) is 0. The molecular weight excluding hydrogens is 256 g/mol. The Labute approximate surface area is 118 Å². The molecule has 1 atom stereocenters. The van der Waals surface area contributed by atoms with Crippen molar-refractivity contribution in [1.29, 1.82) is 0 Å². The first kappa shape index (κ1) is 14.2. The van der Waals surface area contributed by atoms with Crippen LogP contribution in [0.4, 0.5) is 0 Å². The lowest BCUT2D eigenvalue weighted by Gasteiger charge is -2.15. The van der Waals surface area contributed by atoms with E-state index in [4.69, 9.17) is 0 Å². The van der Waals surface area contributed by atoms with Gasteiger partial charge in [0, 0.05) is 18.9 Å². The number of carbonyl (C=O) groups is 1. The highest BCUT2D eigenvalue weighted by Gasteiger charge is 2.17. The van der Waals surface area contributed by atoms with Crippen LogP contribution in [0, 0.1) is 13.8 Å². The minimum Gasteiger partial charge on any atom is -0.352 e. The topological polar surface area (TPSA) is 77.6 Å². The highest BCUT2D eigenvalue weighted by Crippen LogP contribution is 2.09. The lowest BCUT2D eigenvalue weighted by Crippen LogP contribution is -2.34. The zero-order chi connectivity index (χ0) is 14.5. The van der Waals surface area contributed by atoms with Crippen LogP contribution in [0.2, 0.25) is 0 Å². The molecule has 2 rings (SSSR count). The van der Waals surface area contributed by atoms with Crippen molar-refractivity contribution in [2.24, 2.45) is 0 Å². The Balaban J connectivity index is 1.87. The minimum atomic E-state index is -0.261. The summed E-state index contributed by atoms with van der Waals surface area (Å²) in [5.41, 5.74) is 0. The van der Waals surface area contributed by atoms with E-state index in [1.807, 2.05) is 26.8 Å². The van der Waals surface area contributed by atoms with E-state index in [-0.39, 0.29) is 11.9 Å². The summed E-state index contributed by atoms with van der Waals surface area (Å²) in [6.07, 6.45) is 4.19. The number of nitrogens with zero attached hydrogens (tertiary/aromatic N) is 5. The van der Waals surface area contributed by atoms with Crippen molar-refractivity contribution >= 4 is 5.91 Å². The number of hydrogen-bond acceptors (Lipinski definition) is 4. The van der Waals surface area contributed by atoms with Gasteiger partial charge < -0.3 is 5.32 Å². The van der Waals surface area contributed by atoms with Gasteiger partial charge in [-0.3, -0.25) is 9.48 Å². The maximum absolute atomic E-state index is 12.1.